The number of hydrogen-bond acceptors (Lipinski definition) is 4. The fourth-order valence-electron chi connectivity index (χ4n) is 6.68. The van der Waals surface area contributed by atoms with Crippen LogP contribution >= 0.6 is 0 Å². The van der Waals surface area contributed by atoms with Crippen molar-refractivity contribution in [3.63, 3.8) is 0 Å². The Bertz CT molecular complexity index is 1190. The van der Waals surface area contributed by atoms with Crippen molar-refractivity contribution in [2.24, 2.45) is 11.7 Å². The zero-order chi connectivity index (χ0) is 28.2. The minimum absolute atomic E-state index is 0.0971. The standard InChI is InChI=1S/C31H38F2N4O3/c32-23-17-22(18-24(33)19-23)30(39)36-15-6-16-37(29(36)28(38)35-26-13-11-25(34)12-14-26)31(40)27(21-9-4-5-10-21)20-7-2-1-3-8-20/h1-3,7-8,17-19,21,25-27,29H,4-6,9-16,34H2,(H,35,38). The lowest BCUT2D eigenvalue weighted by Gasteiger charge is -2.45. The predicted molar refractivity (Wildman–Crippen MR) is 147 cm³/mol. The number of hydrogen-bond donors (Lipinski definition) is 2. The highest BCUT2D eigenvalue weighted by atomic mass is 19.1. The molecule has 214 valence electrons. The minimum atomic E-state index is -1.22. The summed E-state index contributed by atoms with van der Waals surface area (Å²) in [6, 6.07) is 12.2. The smallest absolute Gasteiger partial charge is 0.264 e. The molecule has 0 spiro atoms. The summed E-state index contributed by atoms with van der Waals surface area (Å²) in [5.41, 5.74) is 6.76. The van der Waals surface area contributed by atoms with E-state index in [1.54, 1.807) is 0 Å². The molecule has 0 radical (unpaired) electrons. The van der Waals surface area contributed by atoms with Crippen molar-refractivity contribution in [2.45, 2.75) is 82.0 Å². The van der Waals surface area contributed by atoms with Crippen LogP contribution in [0.4, 0.5) is 8.78 Å². The van der Waals surface area contributed by atoms with Gasteiger partial charge in [-0.05, 0) is 68.6 Å². The molecule has 1 saturated heterocycles. The first-order chi connectivity index (χ1) is 19.3. The lowest BCUT2D eigenvalue weighted by molar-refractivity contribution is -0.151. The van der Waals surface area contributed by atoms with Crippen LogP contribution in [0.15, 0.2) is 48.5 Å². The third-order valence-corrected chi connectivity index (χ3v) is 8.69. The Morgan fingerprint density at radius 2 is 1.45 bits per heavy atom. The Morgan fingerprint density at radius 3 is 2.10 bits per heavy atom. The van der Waals surface area contributed by atoms with Gasteiger partial charge in [-0.15, -0.1) is 0 Å². The number of carbonyl (C=O) groups is 3. The van der Waals surface area contributed by atoms with Crippen molar-refractivity contribution in [3.05, 3.63) is 71.3 Å². The first-order valence-electron chi connectivity index (χ1n) is 14.5. The van der Waals surface area contributed by atoms with Gasteiger partial charge in [0.1, 0.15) is 11.6 Å². The third kappa shape index (κ3) is 6.19. The summed E-state index contributed by atoms with van der Waals surface area (Å²) in [7, 11) is 0. The van der Waals surface area contributed by atoms with Crippen molar-refractivity contribution in [1.29, 1.82) is 0 Å². The average Bonchev–Trinajstić information content (AvgIpc) is 3.48. The highest BCUT2D eigenvalue weighted by Crippen LogP contribution is 2.39. The molecule has 40 heavy (non-hydrogen) atoms. The van der Waals surface area contributed by atoms with Gasteiger partial charge in [0.05, 0.1) is 5.92 Å². The summed E-state index contributed by atoms with van der Waals surface area (Å²) in [6.45, 7) is 0.498. The Morgan fingerprint density at radius 1 is 0.825 bits per heavy atom. The topological polar surface area (TPSA) is 95.7 Å². The molecule has 7 nitrogen and oxygen atoms in total. The highest BCUT2D eigenvalue weighted by Gasteiger charge is 2.45. The van der Waals surface area contributed by atoms with Gasteiger partial charge in [0, 0.05) is 36.8 Å². The van der Waals surface area contributed by atoms with E-state index in [1.807, 2.05) is 30.3 Å². The van der Waals surface area contributed by atoms with Gasteiger partial charge in [0.25, 0.3) is 11.8 Å². The van der Waals surface area contributed by atoms with E-state index in [1.165, 1.54) is 9.80 Å². The van der Waals surface area contributed by atoms with Crippen LogP contribution in [0.3, 0.4) is 0 Å². The predicted octanol–water partition coefficient (Wildman–Crippen LogP) is 4.33. The van der Waals surface area contributed by atoms with Gasteiger partial charge in [-0.1, -0.05) is 43.2 Å². The maximum absolute atomic E-state index is 14.4. The number of amides is 3. The largest absolute Gasteiger partial charge is 0.350 e. The number of halogens is 2. The van der Waals surface area contributed by atoms with Crippen molar-refractivity contribution in [1.82, 2.24) is 15.1 Å². The Kier molecular flexibility index (Phi) is 8.78. The van der Waals surface area contributed by atoms with E-state index in [-0.39, 0.29) is 36.0 Å². The quantitative estimate of drug-likeness (QED) is 0.558. The lowest BCUT2D eigenvalue weighted by Crippen LogP contribution is -2.65. The van der Waals surface area contributed by atoms with Crippen LogP contribution in [-0.4, -0.2) is 58.9 Å². The number of nitrogens with one attached hydrogen (secondary N) is 1. The maximum Gasteiger partial charge on any atom is 0.264 e. The van der Waals surface area contributed by atoms with E-state index in [2.05, 4.69) is 5.32 Å². The van der Waals surface area contributed by atoms with Crippen LogP contribution in [0.25, 0.3) is 0 Å². The summed E-state index contributed by atoms with van der Waals surface area (Å²) in [5, 5.41) is 3.07. The molecule has 1 heterocycles. The van der Waals surface area contributed by atoms with Gasteiger partial charge in [-0.2, -0.15) is 0 Å². The molecule has 3 aliphatic rings. The molecule has 5 rings (SSSR count). The number of nitrogens with two attached hydrogens (primary N) is 1. The molecule has 2 atom stereocenters. The van der Waals surface area contributed by atoms with E-state index in [9.17, 15) is 23.2 Å². The Balaban J connectivity index is 1.49. The van der Waals surface area contributed by atoms with Gasteiger partial charge in [-0.3, -0.25) is 14.4 Å². The van der Waals surface area contributed by atoms with Gasteiger partial charge in [-0.25, -0.2) is 8.78 Å². The molecule has 0 bridgehead atoms. The molecule has 3 amide bonds. The second-order valence-electron chi connectivity index (χ2n) is 11.5. The third-order valence-electron chi connectivity index (χ3n) is 8.69. The fourth-order valence-corrected chi connectivity index (χ4v) is 6.68. The summed E-state index contributed by atoms with van der Waals surface area (Å²) >= 11 is 0. The number of nitrogens with zero attached hydrogens (tertiary/aromatic N) is 2. The van der Waals surface area contributed by atoms with Gasteiger partial charge in [0.2, 0.25) is 5.91 Å². The van der Waals surface area contributed by atoms with Crippen molar-refractivity contribution in [3.8, 4) is 0 Å². The first-order valence-corrected chi connectivity index (χ1v) is 14.5. The van der Waals surface area contributed by atoms with Crippen LogP contribution in [0, 0.1) is 17.6 Å². The summed E-state index contributed by atoms with van der Waals surface area (Å²) < 4.78 is 28.1. The molecule has 3 fully saturated rings. The number of benzene rings is 2. The van der Waals surface area contributed by atoms with Crippen molar-refractivity contribution < 1.29 is 23.2 Å². The van der Waals surface area contributed by atoms with Crippen molar-refractivity contribution in [2.75, 3.05) is 13.1 Å². The van der Waals surface area contributed by atoms with E-state index < -0.39 is 35.5 Å². The maximum atomic E-state index is 14.4. The molecule has 0 aromatic heterocycles. The molecule has 1 aliphatic heterocycles. The number of rotatable bonds is 6. The summed E-state index contributed by atoms with van der Waals surface area (Å²) in [5.74, 6) is -3.37. The Hall–Kier alpha value is -3.33. The Labute approximate surface area is 234 Å². The van der Waals surface area contributed by atoms with E-state index in [0.29, 0.717) is 31.9 Å². The minimum Gasteiger partial charge on any atom is -0.350 e. The van der Waals surface area contributed by atoms with E-state index in [4.69, 9.17) is 5.73 Å². The number of carbonyl (C=O) groups excluding carboxylic acids is 3. The second-order valence-corrected chi connectivity index (χ2v) is 11.5. The molecule has 9 heteroatoms. The molecule has 2 unspecified atom stereocenters. The van der Waals surface area contributed by atoms with Crippen LogP contribution in [-0.2, 0) is 9.59 Å². The molecule has 2 aliphatic carbocycles. The molecule has 2 aromatic rings. The molecular weight excluding hydrogens is 514 g/mol. The van der Waals surface area contributed by atoms with Crippen LogP contribution in [0.1, 0.15) is 79.6 Å². The first kappa shape index (κ1) is 28.2. The van der Waals surface area contributed by atoms with Crippen LogP contribution in [0.2, 0.25) is 0 Å². The molecule has 2 aromatic carbocycles. The average molecular weight is 553 g/mol. The van der Waals surface area contributed by atoms with Crippen molar-refractivity contribution >= 4 is 17.7 Å². The molecule has 3 N–H and O–H groups in total. The van der Waals surface area contributed by atoms with E-state index >= 15 is 0 Å². The second kappa shape index (κ2) is 12.5. The zero-order valence-electron chi connectivity index (χ0n) is 22.7. The van der Waals surface area contributed by atoms with Crippen LogP contribution < -0.4 is 11.1 Å². The highest BCUT2D eigenvalue weighted by molar-refractivity contribution is 5.99. The lowest BCUT2D eigenvalue weighted by atomic mass is 9.83. The SMILES string of the molecule is NC1CCC(NC(=O)C2N(C(=O)c3cc(F)cc(F)c3)CCCN2C(=O)C(c2ccccc2)C2CCCC2)CC1. The van der Waals surface area contributed by atoms with Gasteiger partial charge < -0.3 is 20.9 Å². The summed E-state index contributed by atoms with van der Waals surface area (Å²) in [4.78, 5) is 44.9. The summed E-state index contributed by atoms with van der Waals surface area (Å²) in [6.07, 6.45) is 6.15. The fraction of sp³-hybridized carbons (Fsp3) is 0.516. The van der Waals surface area contributed by atoms with Crippen LogP contribution in [0.5, 0.6) is 0 Å². The molecular formula is C31H38F2N4O3. The molecule has 2 saturated carbocycles. The monoisotopic (exact) mass is 552 g/mol. The van der Waals surface area contributed by atoms with Gasteiger partial charge >= 0.3 is 0 Å². The normalized spacial score (nSPS) is 24.5. The van der Waals surface area contributed by atoms with E-state index in [0.717, 1.165) is 56.2 Å². The zero-order valence-corrected chi connectivity index (χ0v) is 22.7. The van der Waals surface area contributed by atoms with Gasteiger partial charge in [0.15, 0.2) is 6.17 Å².